The fourth-order valence-electron chi connectivity index (χ4n) is 4.27. The smallest absolute Gasteiger partial charge is 0.338 e. The molecule has 1 aliphatic rings. The van der Waals surface area contributed by atoms with Crippen LogP contribution in [-0.4, -0.2) is 36.0 Å². The summed E-state index contributed by atoms with van der Waals surface area (Å²) in [6.45, 7) is 4.39. The second-order valence-corrected chi connectivity index (χ2v) is 9.39. The molecule has 3 aromatic carbocycles. The third kappa shape index (κ3) is 5.91. The Balaban J connectivity index is 1.72. The number of anilines is 1. The largest absolute Gasteiger partial charge is 0.463 e. The van der Waals surface area contributed by atoms with Crippen LogP contribution in [0.1, 0.15) is 47.8 Å². The van der Waals surface area contributed by atoms with Crippen molar-refractivity contribution in [1.29, 1.82) is 0 Å². The van der Waals surface area contributed by atoms with Crippen LogP contribution in [0.25, 0.3) is 5.70 Å². The van der Waals surface area contributed by atoms with E-state index in [1.54, 1.807) is 54.3 Å². The molecular formula is C29H28BrN3O4. The third-order valence-electron chi connectivity index (χ3n) is 5.91. The number of hydrogen-bond donors (Lipinski definition) is 2. The molecule has 0 bridgehead atoms. The Kier molecular flexibility index (Phi) is 8.40. The zero-order valence-electron chi connectivity index (χ0n) is 20.7. The Morgan fingerprint density at radius 2 is 1.73 bits per heavy atom. The molecule has 1 heterocycles. The minimum atomic E-state index is -0.718. The molecule has 0 saturated carbocycles. The van der Waals surface area contributed by atoms with Gasteiger partial charge in [-0.2, -0.15) is 0 Å². The standard InChI is InChI=1S/C29H28BrN3O4/c1-3-17-33-26(20-9-6-5-7-10-20)24(28(35)37-4-2)25(32-29(33)36)19-13-15-23(16-14-19)31-27(34)21-11-8-12-22(30)18-21/h5-16,18,25H,3-4,17H2,1-2H3,(H,31,34)(H,32,36). The van der Waals surface area contributed by atoms with Gasteiger partial charge >= 0.3 is 12.0 Å². The molecule has 37 heavy (non-hydrogen) atoms. The summed E-state index contributed by atoms with van der Waals surface area (Å²) in [6.07, 6.45) is 0.719. The number of nitrogens with zero attached hydrogens (tertiary/aromatic N) is 1. The normalized spacial score (nSPS) is 15.3. The van der Waals surface area contributed by atoms with Crippen molar-refractivity contribution >= 4 is 45.2 Å². The molecule has 0 aromatic heterocycles. The summed E-state index contributed by atoms with van der Waals surface area (Å²) in [5.74, 6) is -0.729. The molecule has 1 unspecified atom stereocenters. The number of nitrogens with one attached hydrogen (secondary N) is 2. The zero-order valence-corrected chi connectivity index (χ0v) is 22.2. The first-order valence-electron chi connectivity index (χ1n) is 12.1. The SMILES string of the molecule is CCCN1C(=O)NC(c2ccc(NC(=O)c3cccc(Br)c3)cc2)C(C(=O)OCC)=C1c1ccccc1. The molecule has 3 amide bonds. The van der Waals surface area contributed by atoms with Crippen molar-refractivity contribution in [2.45, 2.75) is 26.3 Å². The van der Waals surface area contributed by atoms with Gasteiger partial charge in [0.1, 0.15) is 0 Å². The summed E-state index contributed by atoms with van der Waals surface area (Å²) >= 11 is 3.38. The Labute approximate surface area is 224 Å². The first-order chi connectivity index (χ1) is 17.9. The number of carbonyl (C=O) groups excluding carboxylic acids is 3. The minimum absolute atomic E-state index is 0.208. The van der Waals surface area contributed by atoms with Gasteiger partial charge in [-0.3, -0.25) is 9.69 Å². The molecule has 0 fully saturated rings. The van der Waals surface area contributed by atoms with Crippen LogP contribution >= 0.6 is 15.9 Å². The summed E-state index contributed by atoms with van der Waals surface area (Å²) in [4.78, 5) is 40.8. The van der Waals surface area contributed by atoms with Gasteiger partial charge in [-0.25, -0.2) is 9.59 Å². The van der Waals surface area contributed by atoms with Gasteiger partial charge in [0.15, 0.2) is 0 Å². The Morgan fingerprint density at radius 1 is 1.00 bits per heavy atom. The lowest BCUT2D eigenvalue weighted by molar-refractivity contribution is -0.138. The highest BCUT2D eigenvalue weighted by molar-refractivity contribution is 9.10. The summed E-state index contributed by atoms with van der Waals surface area (Å²) in [6, 6.07) is 22.6. The van der Waals surface area contributed by atoms with Gasteiger partial charge in [-0.15, -0.1) is 0 Å². The first kappa shape index (κ1) is 26.2. The second kappa shape index (κ2) is 11.9. The van der Waals surface area contributed by atoms with E-state index in [4.69, 9.17) is 4.74 Å². The molecule has 2 N–H and O–H groups in total. The molecule has 1 atom stereocenters. The lowest BCUT2D eigenvalue weighted by Gasteiger charge is -2.36. The molecule has 7 nitrogen and oxygen atoms in total. The van der Waals surface area contributed by atoms with Crippen LogP contribution in [0.3, 0.4) is 0 Å². The van der Waals surface area contributed by atoms with Gasteiger partial charge in [0.2, 0.25) is 0 Å². The van der Waals surface area contributed by atoms with Crippen LogP contribution < -0.4 is 10.6 Å². The number of hydrogen-bond acceptors (Lipinski definition) is 4. The quantitative estimate of drug-likeness (QED) is 0.323. The number of amides is 3. The average molecular weight is 562 g/mol. The van der Waals surface area contributed by atoms with Gasteiger partial charge in [0, 0.05) is 22.3 Å². The maximum atomic E-state index is 13.3. The molecule has 0 spiro atoms. The maximum absolute atomic E-state index is 13.3. The summed E-state index contributed by atoms with van der Waals surface area (Å²) < 4.78 is 6.26. The number of urea groups is 1. The fraction of sp³-hybridized carbons (Fsp3) is 0.207. The van der Waals surface area contributed by atoms with Crippen LogP contribution in [0.15, 0.2) is 88.9 Å². The zero-order chi connectivity index (χ0) is 26.4. The monoisotopic (exact) mass is 561 g/mol. The predicted molar refractivity (Wildman–Crippen MR) is 147 cm³/mol. The number of rotatable bonds is 8. The van der Waals surface area contributed by atoms with Crippen LogP contribution in [0.2, 0.25) is 0 Å². The molecule has 8 heteroatoms. The molecular weight excluding hydrogens is 534 g/mol. The van der Waals surface area contributed by atoms with Crippen molar-refractivity contribution in [3.05, 3.63) is 106 Å². The van der Waals surface area contributed by atoms with Crippen molar-refractivity contribution < 1.29 is 19.1 Å². The lowest BCUT2D eigenvalue weighted by Crippen LogP contribution is -2.48. The molecule has 0 radical (unpaired) electrons. The number of halogens is 1. The molecule has 190 valence electrons. The maximum Gasteiger partial charge on any atom is 0.338 e. The van der Waals surface area contributed by atoms with Crippen molar-refractivity contribution in [1.82, 2.24) is 10.2 Å². The van der Waals surface area contributed by atoms with E-state index < -0.39 is 12.0 Å². The topological polar surface area (TPSA) is 87.7 Å². The minimum Gasteiger partial charge on any atom is -0.463 e. The Morgan fingerprint density at radius 3 is 2.38 bits per heavy atom. The van der Waals surface area contributed by atoms with E-state index in [0.717, 1.165) is 16.5 Å². The second-order valence-electron chi connectivity index (χ2n) is 8.47. The average Bonchev–Trinajstić information content (AvgIpc) is 2.90. The van der Waals surface area contributed by atoms with E-state index in [0.29, 0.717) is 34.6 Å². The van der Waals surface area contributed by atoms with Crippen LogP contribution in [0, 0.1) is 0 Å². The summed E-state index contributed by atoms with van der Waals surface area (Å²) in [5.41, 5.74) is 3.48. The number of esters is 1. The van der Waals surface area contributed by atoms with Gasteiger partial charge in [-0.05, 0) is 54.8 Å². The van der Waals surface area contributed by atoms with E-state index in [1.807, 2.05) is 43.3 Å². The highest BCUT2D eigenvalue weighted by atomic mass is 79.9. The third-order valence-corrected chi connectivity index (χ3v) is 6.40. The number of benzene rings is 3. The van der Waals surface area contributed by atoms with E-state index in [1.165, 1.54) is 0 Å². The molecule has 4 rings (SSSR count). The van der Waals surface area contributed by atoms with E-state index in [-0.39, 0.29) is 18.5 Å². The van der Waals surface area contributed by atoms with Crippen LogP contribution in [-0.2, 0) is 9.53 Å². The highest BCUT2D eigenvalue weighted by Crippen LogP contribution is 2.37. The van der Waals surface area contributed by atoms with E-state index >= 15 is 0 Å². The Hall–Kier alpha value is -3.91. The van der Waals surface area contributed by atoms with Gasteiger partial charge < -0.3 is 15.4 Å². The van der Waals surface area contributed by atoms with E-state index in [9.17, 15) is 14.4 Å². The predicted octanol–water partition coefficient (Wildman–Crippen LogP) is 6.15. The summed E-state index contributed by atoms with van der Waals surface area (Å²) in [7, 11) is 0. The van der Waals surface area contributed by atoms with Crippen LogP contribution in [0.4, 0.5) is 10.5 Å². The fourth-order valence-corrected chi connectivity index (χ4v) is 4.67. The highest BCUT2D eigenvalue weighted by Gasteiger charge is 2.38. The molecule has 0 aliphatic carbocycles. The van der Waals surface area contributed by atoms with Crippen molar-refractivity contribution in [3.63, 3.8) is 0 Å². The van der Waals surface area contributed by atoms with Crippen molar-refractivity contribution in [3.8, 4) is 0 Å². The molecule has 1 aliphatic heterocycles. The van der Waals surface area contributed by atoms with Crippen molar-refractivity contribution in [2.75, 3.05) is 18.5 Å². The molecule has 0 saturated heterocycles. The Bertz CT molecular complexity index is 1320. The lowest BCUT2D eigenvalue weighted by atomic mass is 9.91. The van der Waals surface area contributed by atoms with Gasteiger partial charge in [0.25, 0.3) is 5.91 Å². The van der Waals surface area contributed by atoms with Gasteiger partial charge in [0.05, 0.1) is 23.9 Å². The summed E-state index contributed by atoms with van der Waals surface area (Å²) in [5, 5.41) is 5.86. The van der Waals surface area contributed by atoms with Crippen LogP contribution in [0.5, 0.6) is 0 Å². The van der Waals surface area contributed by atoms with Gasteiger partial charge in [-0.1, -0.05) is 71.4 Å². The number of carbonyl (C=O) groups is 3. The molecule has 3 aromatic rings. The van der Waals surface area contributed by atoms with Crippen molar-refractivity contribution in [2.24, 2.45) is 0 Å². The van der Waals surface area contributed by atoms with E-state index in [2.05, 4.69) is 26.6 Å². The number of ether oxygens (including phenoxy) is 1. The first-order valence-corrected chi connectivity index (χ1v) is 12.9.